The Hall–Kier alpha value is -2.37. The van der Waals surface area contributed by atoms with Crippen molar-refractivity contribution < 1.29 is 18.0 Å². The standard InChI is InChI=1S/C12H7F3N2O/c13-9-4-7(5-10(14)11(9)15)12(18)17-8-2-1-3-16-6-8/h1-6H,(H,17,18). The minimum atomic E-state index is -1.60. The number of aromatic nitrogens is 1. The Morgan fingerprint density at radius 2 is 1.83 bits per heavy atom. The first kappa shape index (κ1) is 12.1. The van der Waals surface area contributed by atoms with Crippen molar-refractivity contribution >= 4 is 11.6 Å². The van der Waals surface area contributed by atoms with E-state index in [-0.39, 0.29) is 5.56 Å². The number of benzene rings is 1. The van der Waals surface area contributed by atoms with Gasteiger partial charge in [0, 0.05) is 11.8 Å². The molecule has 1 N–H and O–H groups in total. The average molecular weight is 252 g/mol. The summed E-state index contributed by atoms with van der Waals surface area (Å²) in [7, 11) is 0. The van der Waals surface area contributed by atoms with E-state index >= 15 is 0 Å². The number of nitrogens with one attached hydrogen (secondary N) is 1. The van der Waals surface area contributed by atoms with E-state index in [4.69, 9.17) is 0 Å². The van der Waals surface area contributed by atoms with Crippen LogP contribution in [-0.2, 0) is 0 Å². The van der Waals surface area contributed by atoms with Crippen molar-refractivity contribution in [2.45, 2.75) is 0 Å². The van der Waals surface area contributed by atoms with Crippen molar-refractivity contribution in [3.63, 3.8) is 0 Å². The smallest absolute Gasteiger partial charge is 0.255 e. The van der Waals surface area contributed by atoms with Gasteiger partial charge in [0.15, 0.2) is 17.5 Å². The number of carbonyl (C=O) groups excluding carboxylic acids is 1. The number of carbonyl (C=O) groups is 1. The molecular weight excluding hydrogens is 245 g/mol. The minimum absolute atomic E-state index is 0.310. The first-order valence-electron chi connectivity index (χ1n) is 4.94. The summed E-state index contributed by atoms with van der Waals surface area (Å²) in [6, 6.07) is 4.40. The molecule has 0 spiro atoms. The van der Waals surface area contributed by atoms with Gasteiger partial charge in [0.2, 0.25) is 0 Å². The molecule has 0 radical (unpaired) electrons. The zero-order valence-electron chi connectivity index (χ0n) is 8.95. The van der Waals surface area contributed by atoms with Gasteiger partial charge in [-0.25, -0.2) is 13.2 Å². The number of hydrogen-bond donors (Lipinski definition) is 1. The monoisotopic (exact) mass is 252 g/mol. The Morgan fingerprint density at radius 1 is 1.17 bits per heavy atom. The quantitative estimate of drug-likeness (QED) is 0.835. The minimum Gasteiger partial charge on any atom is -0.321 e. The molecule has 1 heterocycles. The van der Waals surface area contributed by atoms with E-state index in [9.17, 15) is 18.0 Å². The molecule has 0 saturated carbocycles. The fourth-order valence-electron chi connectivity index (χ4n) is 1.33. The molecule has 92 valence electrons. The lowest BCUT2D eigenvalue weighted by atomic mass is 10.2. The number of anilines is 1. The first-order chi connectivity index (χ1) is 8.58. The van der Waals surface area contributed by atoms with E-state index in [1.165, 1.54) is 12.4 Å². The fraction of sp³-hybridized carbons (Fsp3) is 0. The van der Waals surface area contributed by atoms with Gasteiger partial charge in [0.05, 0.1) is 11.9 Å². The lowest BCUT2D eigenvalue weighted by molar-refractivity contribution is 0.102. The second-order valence-corrected chi connectivity index (χ2v) is 3.45. The van der Waals surface area contributed by atoms with Gasteiger partial charge in [-0.3, -0.25) is 9.78 Å². The van der Waals surface area contributed by atoms with Crippen molar-refractivity contribution in [2.24, 2.45) is 0 Å². The summed E-state index contributed by atoms with van der Waals surface area (Å²) in [5.41, 5.74) is 0.0582. The van der Waals surface area contributed by atoms with Crippen molar-refractivity contribution in [3.05, 3.63) is 59.7 Å². The SMILES string of the molecule is O=C(Nc1cccnc1)c1cc(F)c(F)c(F)c1. The Balaban J connectivity index is 2.25. The number of hydrogen-bond acceptors (Lipinski definition) is 2. The highest BCUT2D eigenvalue weighted by atomic mass is 19.2. The Kier molecular flexibility index (Phi) is 3.27. The molecule has 0 aliphatic heterocycles. The van der Waals surface area contributed by atoms with Gasteiger partial charge >= 0.3 is 0 Å². The van der Waals surface area contributed by atoms with Crippen LogP contribution in [0.3, 0.4) is 0 Å². The first-order valence-corrected chi connectivity index (χ1v) is 4.94. The van der Waals surface area contributed by atoms with E-state index in [0.717, 1.165) is 0 Å². The fourth-order valence-corrected chi connectivity index (χ4v) is 1.33. The molecule has 1 amide bonds. The molecule has 0 saturated heterocycles. The Labute approximate surface area is 100 Å². The topological polar surface area (TPSA) is 42.0 Å². The van der Waals surface area contributed by atoms with Crippen LogP contribution in [0.15, 0.2) is 36.7 Å². The molecule has 0 aliphatic rings. The third-order valence-electron chi connectivity index (χ3n) is 2.17. The second-order valence-electron chi connectivity index (χ2n) is 3.45. The number of nitrogens with zero attached hydrogens (tertiary/aromatic N) is 1. The summed E-state index contributed by atoms with van der Waals surface area (Å²) in [5.74, 6) is -5.17. The van der Waals surface area contributed by atoms with E-state index in [1.54, 1.807) is 12.1 Å². The van der Waals surface area contributed by atoms with Gasteiger partial charge in [0.1, 0.15) is 0 Å². The Bertz CT molecular complexity index is 564. The van der Waals surface area contributed by atoms with Gasteiger partial charge in [0.25, 0.3) is 5.91 Å². The summed E-state index contributed by atoms with van der Waals surface area (Å²) < 4.78 is 38.6. The van der Waals surface area contributed by atoms with Crippen molar-refractivity contribution in [3.8, 4) is 0 Å². The van der Waals surface area contributed by atoms with Crippen molar-refractivity contribution in [1.29, 1.82) is 0 Å². The summed E-state index contributed by atoms with van der Waals surface area (Å²) in [4.78, 5) is 15.4. The maximum atomic E-state index is 12.9. The number of halogens is 3. The molecule has 0 bridgehead atoms. The zero-order chi connectivity index (χ0) is 13.1. The highest BCUT2D eigenvalue weighted by Gasteiger charge is 2.15. The van der Waals surface area contributed by atoms with Gasteiger partial charge in [-0.2, -0.15) is 0 Å². The molecule has 0 atom stereocenters. The highest BCUT2D eigenvalue weighted by molar-refractivity contribution is 6.04. The normalized spacial score (nSPS) is 10.2. The van der Waals surface area contributed by atoms with Crippen molar-refractivity contribution in [1.82, 2.24) is 4.98 Å². The van der Waals surface area contributed by atoms with Crippen LogP contribution in [0.25, 0.3) is 0 Å². The molecule has 1 aromatic heterocycles. The summed E-state index contributed by atoms with van der Waals surface area (Å²) in [5, 5.41) is 2.37. The number of amides is 1. The van der Waals surface area contributed by atoms with E-state index in [0.29, 0.717) is 17.8 Å². The number of rotatable bonds is 2. The third kappa shape index (κ3) is 2.48. The van der Waals surface area contributed by atoms with Crippen LogP contribution in [0.5, 0.6) is 0 Å². The van der Waals surface area contributed by atoms with Crippen LogP contribution < -0.4 is 5.32 Å². The molecule has 6 heteroatoms. The molecule has 3 nitrogen and oxygen atoms in total. The number of pyridine rings is 1. The van der Waals surface area contributed by atoms with Crippen LogP contribution >= 0.6 is 0 Å². The van der Waals surface area contributed by atoms with Crippen LogP contribution in [0.4, 0.5) is 18.9 Å². The molecule has 2 rings (SSSR count). The maximum absolute atomic E-state index is 12.9. The molecule has 0 aliphatic carbocycles. The molecule has 0 fully saturated rings. The second kappa shape index (κ2) is 4.87. The molecule has 2 aromatic rings. The predicted molar refractivity (Wildman–Crippen MR) is 58.5 cm³/mol. The van der Waals surface area contributed by atoms with Crippen LogP contribution in [0.2, 0.25) is 0 Å². The summed E-state index contributed by atoms with van der Waals surface area (Å²) in [6.45, 7) is 0. The lowest BCUT2D eigenvalue weighted by Gasteiger charge is -2.05. The van der Waals surface area contributed by atoms with Gasteiger partial charge in [-0.15, -0.1) is 0 Å². The molecular formula is C12H7F3N2O. The van der Waals surface area contributed by atoms with Crippen molar-refractivity contribution in [2.75, 3.05) is 5.32 Å². The van der Waals surface area contributed by atoms with E-state index < -0.39 is 23.4 Å². The lowest BCUT2D eigenvalue weighted by Crippen LogP contribution is -2.13. The average Bonchev–Trinajstić information content (AvgIpc) is 2.36. The largest absolute Gasteiger partial charge is 0.321 e. The zero-order valence-corrected chi connectivity index (χ0v) is 8.95. The van der Waals surface area contributed by atoms with Crippen LogP contribution in [0, 0.1) is 17.5 Å². The summed E-state index contributed by atoms with van der Waals surface area (Å²) >= 11 is 0. The van der Waals surface area contributed by atoms with Crippen LogP contribution in [-0.4, -0.2) is 10.9 Å². The van der Waals surface area contributed by atoms with E-state index in [2.05, 4.69) is 10.3 Å². The maximum Gasteiger partial charge on any atom is 0.255 e. The summed E-state index contributed by atoms with van der Waals surface area (Å²) in [6.07, 6.45) is 2.88. The predicted octanol–water partition coefficient (Wildman–Crippen LogP) is 2.75. The third-order valence-corrected chi connectivity index (χ3v) is 2.17. The van der Waals surface area contributed by atoms with Gasteiger partial charge < -0.3 is 5.32 Å². The molecule has 1 aromatic carbocycles. The van der Waals surface area contributed by atoms with Gasteiger partial charge in [-0.05, 0) is 24.3 Å². The van der Waals surface area contributed by atoms with Crippen LogP contribution in [0.1, 0.15) is 10.4 Å². The highest BCUT2D eigenvalue weighted by Crippen LogP contribution is 2.15. The van der Waals surface area contributed by atoms with Gasteiger partial charge in [-0.1, -0.05) is 0 Å². The molecule has 18 heavy (non-hydrogen) atoms. The molecule has 0 unspecified atom stereocenters. The van der Waals surface area contributed by atoms with E-state index in [1.807, 2.05) is 0 Å². The Morgan fingerprint density at radius 3 is 2.39 bits per heavy atom.